The van der Waals surface area contributed by atoms with E-state index in [4.69, 9.17) is 23.2 Å². The minimum atomic E-state index is -0.258. The summed E-state index contributed by atoms with van der Waals surface area (Å²) < 4.78 is 0. The van der Waals surface area contributed by atoms with Gasteiger partial charge in [0, 0.05) is 6.54 Å². The second-order valence-electron chi connectivity index (χ2n) is 2.81. The molecule has 1 rings (SSSR count). The predicted molar refractivity (Wildman–Crippen MR) is 61.4 cm³/mol. The second kappa shape index (κ2) is 5.73. The van der Waals surface area contributed by atoms with Crippen LogP contribution in [0.4, 0.5) is 0 Å². The first kappa shape index (κ1) is 12.0. The quantitative estimate of drug-likeness (QED) is 0.503. The molecule has 0 aliphatic carbocycles. The summed E-state index contributed by atoms with van der Waals surface area (Å²) in [5.74, 6) is -0.258. The van der Waals surface area contributed by atoms with E-state index in [0.29, 0.717) is 18.5 Å². The molecule has 1 aromatic rings. The Morgan fingerprint density at radius 3 is 2.87 bits per heavy atom. The van der Waals surface area contributed by atoms with Crippen LogP contribution >= 0.6 is 23.2 Å². The average molecular weight is 245 g/mol. The molecule has 5 heteroatoms. The van der Waals surface area contributed by atoms with E-state index in [0.717, 1.165) is 0 Å². The van der Waals surface area contributed by atoms with Crippen LogP contribution in [0, 0.1) is 0 Å². The molecular weight excluding hydrogens is 235 g/mol. The number of nitrogens with zero attached hydrogens (tertiary/aromatic N) is 1. The van der Waals surface area contributed by atoms with E-state index in [1.165, 1.54) is 6.07 Å². The van der Waals surface area contributed by atoms with Crippen LogP contribution in [0.25, 0.3) is 0 Å². The van der Waals surface area contributed by atoms with Crippen LogP contribution in [-0.4, -0.2) is 17.4 Å². The van der Waals surface area contributed by atoms with Gasteiger partial charge in [0.05, 0.1) is 5.56 Å². The third-order valence-corrected chi connectivity index (χ3v) is 2.19. The Bertz CT molecular complexity index is 380. The van der Waals surface area contributed by atoms with Crippen LogP contribution in [0.5, 0.6) is 0 Å². The van der Waals surface area contributed by atoms with Crippen molar-refractivity contribution >= 4 is 29.1 Å². The van der Waals surface area contributed by atoms with Gasteiger partial charge >= 0.3 is 0 Å². The number of carbonyl (C=O) groups is 1. The lowest BCUT2D eigenvalue weighted by Crippen LogP contribution is -2.24. The van der Waals surface area contributed by atoms with E-state index in [2.05, 4.69) is 16.9 Å². The number of carbonyl (C=O) groups excluding carboxylic acids is 1. The molecule has 0 aliphatic heterocycles. The number of hydrogen-bond donors (Lipinski definition) is 1. The summed E-state index contributed by atoms with van der Waals surface area (Å²) in [7, 11) is 0. The Morgan fingerprint density at radius 1 is 1.53 bits per heavy atom. The highest BCUT2D eigenvalue weighted by molar-refractivity contribution is 6.34. The number of aromatic nitrogens is 1. The summed E-state index contributed by atoms with van der Waals surface area (Å²) in [5.41, 5.74) is 0.324. The Balaban J connectivity index is 2.69. The summed E-state index contributed by atoms with van der Waals surface area (Å²) in [6.45, 7) is 4.08. The maximum absolute atomic E-state index is 11.5. The van der Waals surface area contributed by atoms with Crippen molar-refractivity contribution in [2.45, 2.75) is 6.42 Å². The monoisotopic (exact) mass is 244 g/mol. The molecule has 0 unspecified atom stereocenters. The maximum Gasteiger partial charge on any atom is 0.254 e. The first-order chi connectivity index (χ1) is 7.15. The molecule has 1 heterocycles. The van der Waals surface area contributed by atoms with Crippen LogP contribution < -0.4 is 5.32 Å². The zero-order valence-electron chi connectivity index (χ0n) is 7.96. The van der Waals surface area contributed by atoms with Crippen molar-refractivity contribution in [1.29, 1.82) is 0 Å². The van der Waals surface area contributed by atoms with E-state index < -0.39 is 0 Å². The van der Waals surface area contributed by atoms with Crippen LogP contribution in [0.3, 0.4) is 0 Å². The van der Waals surface area contributed by atoms with Gasteiger partial charge in [-0.05, 0) is 18.6 Å². The van der Waals surface area contributed by atoms with Gasteiger partial charge in [0.2, 0.25) is 0 Å². The van der Waals surface area contributed by atoms with Crippen molar-refractivity contribution in [2.24, 2.45) is 0 Å². The molecule has 80 valence electrons. The van der Waals surface area contributed by atoms with E-state index in [9.17, 15) is 4.79 Å². The predicted octanol–water partition coefficient (Wildman–Crippen LogP) is 2.69. The molecule has 0 fully saturated rings. The number of halogens is 2. The molecule has 0 aliphatic rings. The molecule has 0 atom stereocenters. The lowest BCUT2D eigenvalue weighted by molar-refractivity contribution is 0.0954. The summed E-state index contributed by atoms with van der Waals surface area (Å²) in [6, 6.07) is 3.07. The lowest BCUT2D eigenvalue weighted by atomic mass is 10.2. The minimum absolute atomic E-state index is 0.110. The third-order valence-electron chi connectivity index (χ3n) is 1.69. The Labute approximate surface area is 98.1 Å². The van der Waals surface area contributed by atoms with E-state index in [-0.39, 0.29) is 16.2 Å². The third kappa shape index (κ3) is 3.53. The summed E-state index contributed by atoms with van der Waals surface area (Å²) in [5, 5.41) is 3.06. The van der Waals surface area contributed by atoms with Gasteiger partial charge < -0.3 is 5.32 Å². The van der Waals surface area contributed by atoms with Crippen molar-refractivity contribution in [3.05, 3.63) is 40.7 Å². The average Bonchev–Trinajstić information content (AvgIpc) is 2.17. The second-order valence-corrected chi connectivity index (χ2v) is 3.55. The molecule has 0 bridgehead atoms. The molecule has 0 saturated heterocycles. The van der Waals surface area contributed by atoms with Gasteiger partial charge in [0.25, 0.3) is 5.91 Å². The largest absolute Gasteiger partial charge is 0.352 e. The normalized spacial score (nSPS) is 9.73. The molecule has 0 radical (unpaired) electrons. The van der Waals surface area contributed by atoms with Crippen LogP contribution in [0.1, 0.15) is 16.8 Å². The smallest absolute Gasteiger partial charge is 0.254 e. The highest BCUT2D eigenvalue weighted by Crippen LogP contribution is 2.16. The molecule has 15 heavy (non-hydrogen) atoms. The molecule has 1 amide bonds. The fraction of sp³-hybridized carbons (Fsp3) is 0.200. The Kier molecular flexibility index (Phi) is 4.59. The van der Waals surface area contributed by atoms with Crippen molar-refractivity contribution in [2.75, 3.05) is 6.54 Å². The first-order valence-corrected chi connectivity index (χ1v) is 5.12. The van der Waals surface area contributed by atoms with Gasteiger partial charge in [-0.3, -0.25) is 4.79 Å². The van der Waals surface area contributed by atoms with Crippen LogP contribution in [0.15, 0.2) is 24.8 Å². The highest BCUT2D eigenvalue weighted by Gasteiger charge is 2.10. The zero-order valence-corrected chi connectivity index (χ0v) is 9.48. The summed E-state index contributed by atoms with van der Waals surface area (Å²) in [6.07, 6.45) is 2.44. The number of hydrogen-bond acceptors (Lipinski definition) is 2. The van der Waals surface area contributed by atoms with Gasteiger partial charge in [0.1, 0.15) is 10.3 Å². The number of rotatable bonds is 4. The Hall–Kier alpha value is -1.06. The number of nitrogens with one attached hydrogen (secondary N) is 1. The van der Waals surface area contributed by atoms with Gasteiger partial charge in [-0.25, -0.2) is 4.98 Å². The topological polar surface area (TPSA) is 42.0 Å². The first-order valence-electron chi connectivity index (χ1n) is 4.36. The molecular formula is C10H10Cl2N2O. The summed E-state index contributed by atoms with van der Waals surface area (Å²) >= 11 is 11.4. The summed E-state index contributed by atoms with van der Waals surface area (Å²) in [4.78, 5) is 15.3. The van der Waals surface area contributed by atoms with Gasteiger partial charge in [-0.2, -0.15) is 0 Å². The van der Waals surface area contributed by atoms with Crippen LogP contribution in [-0.2, 0) is 0 Å². The number of pyridine rings is 1. The minimum Gasteiger partial charge on any atom is -0.352 e. The molecule has 0 saturated carbocycles. The van der Waals surface area contributed by atoms with E-state index in [1.807, 2.05) is 0 Å². The van der Waals surface area contributed by atoms with Crippen molar-refractivity contribution in [3.63, 3.8) is 0 Å². The standard InChI is InChI=1S/C10H10Cl2N2O/c1-2-3-6-13-10(15)7-4-5-8(11)14-9(7)12/h2,4-5H,1,3,6H2,(H,13,15). The van der Waals surface area contributed by atoms with Crippen LogP contribution in [0.2, 0.25) is 10.3 Å². The molecule has 0 spiro atoms. The molecule has 3 nitrogen and oxygen atoms in total. The SMILES string of the molecule is C=CCCNC(=O)c1ccc(Cl)nc1Cl. The lowest BCUT2D eigenvalue weighted by Gasteiger charge is -2.04. The fourth-order valence-electron chi connectivity index (χ4n) is 0.964. The number of amides is 1. The molecule has 1 N–H and O–H groups in total. The zero-order chi connectivity index (χ0) is 11.3. The molecule has 1 aromatic heterocycles. The van der Waals surface area contributed by atoms with Crippen molar-refractivity contribution < 1.29 is 4.79 Å². The fourth-order valence-corrected chi connectivity index (χ4v) is 1.40. The van der Waals surface area contributed by atoms with Gasteiger partial charge in [-0.1, -0.05) is 29.3 Å². The van der Waals surface area contributed by atoms with Crippen molar-refractivity contribution in [3.8, 4) is 0 Å². The molecule has 0 aromatic carbocycles. The van der Waals surface area contributed by atoms with Gasteiger partial charge in [-0.15, -0.1) is 6.58 Å². The van der Waals surface area contributed by atoms with E-state index in [1.54, 1.807) is 12.1 Å². The van der Waals surface area contributed by atoms with Crippen molar-refractivity contribution in [1.82, 2.24) is 10.3 Å². The highest BCUT2D eigenvalue weighted by atomic mass is 35.5. The van der Waals surface area contributed by atoms with E-state index >= 15 is 0 Å². The van der Waals surface area contributed by atoms with Gasteiger partial charge in [0.15, 0.2) is 0 Å². The maximum atomic E-state index is 11.5. The Morgan fingerprint density at radius 2 is 2.27 bits per heavy atom.